The third-order valence-electron chi connectivity index (χ3n) is 4.50. The maximum absolute atomic E-state index is 12.5. The normalized spacial score (nSPS) is 11.1. The van der Waals surface area contributed by atoms with Crippen molar-refractivity contribution in [3.05, 3.63) is 51.4 Å². The number of thiophene rings is 2. The Hall–Kier alpha value is -1.95. The van der Waals surface area contributed by atoms with E-state index in [1.165, 1.54) is 16.2 Å². The number of rotatable bonds is 4. The molecule has 3 rings (SSSR count). The minimum absolute atomic E-state index is 0.0292. The number of anilines is 1. The predicted octanol–water partition coefficient (Wildman–Crippen LogP) is 5.35. The molecular weight excluding hydrogens is 350 g/mol. The number of hydrogen-bond acceptors (Lipinski definition) is 5. The molecule has 0 atom stereocenters. The van der Waals surface area contributed by atoms with Crippen molar-refractivity contribution in [3.8, 4) is 20.9 Å². The van der Waals surface area contributed by atoms with E-state index in [9.17, 15) is 9.90 Å². The van der Waals surface area contributed by atoms with Crippen LogP contribution in [-0.2, 0) is 6.61 Å². The molecule has 3 aromatic rings. The second-order valence-electron chi connectivity index (χ2n) is 6.18. The SMILES string of the molecule is CC(=O)c1c(C)c(-c2ccc(C)s2)c(CO)c(C)c1-c1ccc(N)s1. The Morgan fingerprint density at radius 1 is 1.00 bits per heavy atom. The highest BCUT2D eigenvalue weighted by Crippen LogP contribution is 2.44. The molecule has 130 valence electrons. The summed E-state index contributed by atoms with van der Waals surface area (Å²) in [5.41, 5.74) is 11.3. The number of carbonyl (C=O) groups is 1. The molecule has 5 heteroatoms. The second kappa shape index (κ2) is 6.75. The van der Waals surface area contributed by atoms with E-state index in [1.807, 2.05) is 26.0 Å². The lowest BCUT2D eigenvalue weighted by Crippen LogP contribution is -2.07. The Bertz CT molecular complexity index is 966. The standard InChI is InChI=1S/C20H21NO2S2/c1-10-5-6-15(24-10)19-12(3)18(13(4)23)20(11(2)14(19)9-22)16-7-8-17(21)25-16/h5-8,22H,9,21H2,1-4H3. The number of Topliss-reactive ketones (excluding diaryl/α,β-unsaturated/α-hetero) is 1. The first-order valence-corrected chi connectivity index (χ1v) is 9.68. The van der Waals surface area contributed by atoms with Crippen molar-refractivity contribution in [2.24, 2.45) is 0 Å². The minimum atomic E-state index is -0.0645. The smallest absolute Gasteiger partial charge is 0.160 e. The molecule has 0 aliphatic carbocycles. The molecule has 0 fully saturated rings. The number of nitrogen functional groups attached to an aromatic ring is 1. The van der Waals surface area contributed by atoms with Crippen LogP contribution < -0.4 is 5.73 Å². The summed E-state index contributed by atoms with van der Waals surface area (Å²) in [6, 6.07) is 7.93. The molecule has 0 aliphatic rings. The van der Waals surface area contributed by atoms with Crippen molar-refractivity contribution in [2.45, 2.75) is 34.3 Å². The van der Waals surface area contributed by atoms with Crippen molar-refractivity contribution in [1.82, 2.24) is 0 Å². The number of carbonyl (C=O) groups excluding carboxylic acids is 1. The molecule has 0 spiro atoms. The molecule has 2 heterocycles. The van der Waals surface area contributed by atoms with Crippen LogP contribution in [0.2, 0.25) is 0 Å². The molecule has 0 saturated heterocycles. The summed E-state index contributed by atoms with van der Waals surface area (Å²) < 4.78 is 0. The van der Waals surface area contributed by atoms with Crippen molar-refractivity contribution < 1.29 is 9.90 Å². The fourth-order valence-corrected chi connectivity index (χ4v) is 5.28. The zero-order chi connectivity index (χ0) is 18.3. The van der Waals surface area contributed by atoms with Gasteiger partial charge in [0.05, 0.1) is 11.6 Å². The summed E-state index contributed by atoms with van der Waals surface area (Å²) in [6.45, 7) is 7.55. The Balaban J connectivity index is 2.42. The van der Waals surface area contributed by atoms with Gasteiger partial charge in [-0.15, -0.1) is 22.7 Å². The van der Waals surface area contributed by atoms with Crippen LogP contribution in [0.15, 0.2) is 24.3 Å². The quantitative estimate of drug-likeness (QED) is 0.608. The largest absolute Gasteiger partial charge is 0.392 e. The monoisotopic (exact) mass is 371 g/mol. The highest BCUT2D eigenvalue weighted by molar-refractivity contribution is 7.19. The molecular formula is C20H21NO2S2. The van der Waals surface area contributed by atoms with Gasteiger partial charge < -0.3 is 10.8 Å². The van der Waals surface area contributed by atoms with Gasteiger partial charge in [-0.2, -0.15) is 0 Å². The average molecular weight is 372 g/mol. The van der Waals surface area contributed by atoms with Crippen molar-refractivity contribution >= 4 is 33.5 Å². The first kappa shape index (κ1) is 17.9. The molecule has 0 aliphatic heterocycles. The van der Waals surface area contributed by atoms with Gasteiger partial charge in [0.1, 0.15) is 0 Å². The maximum atomic E-state index is 12.5. The van der Waals surface area contributed by atoms with Gasteiger partial charge in [-0.3, -0.25) is 4.79 Å². The van der Waals surface area contributed by atoms with Gasteiger partial charge in [-0.05, 0) is 68.7 Å². The van der Waals surface area contributed by atoms with Crippen molar-refractivity contribution in [2.75, 3.05) is 5.73 Å². The molecule has 3 nitrogen and oxygen atoms in total. The van der Waals surface area contributed by atoms with E-state index in [-0.39, 0.29) is 12.4 Å². The lowest BCUT2D eigenvalue weighted by Gasteiger charge is -2.21. The van der Waals surface area contributed by atoms with E-state index in [1.54, 1.807) is 18.3 Å². The van der Waals surface area contributed by atoms with E-state index in [0.717, 1.165) is 43.1 Å². The van der Waals surface area contributed by atoms with Gasteiger partial charge in [0.15, 0.2) is 5.78 Å². The number of ketones is 1. The summed E-state index contributed by atoms with van der Waals surface area (Å²) in [4.78, 5) is 15.8. The molecule has 0 bridgehead atoms. The van der Waals surface area contributed by atoms with Crippen molar-refractivity contribution in [1.29, 1.82) is 0 Å². The summed E-state index contributed by atoms with van der Waals surface area (Å²) in [5, 5.41) is 10.8. The number of nitrogens with two attached hydrogens (primary N) is 1. The molecule has 2 aromatic heterocycles. The molecule has 3 N–H and O–H groups in total. The number of aliphatic hydroxyl groups is 1. The van der Waals surface area contributed by atoms with Crippen LogP contribution in [0, 0.1) is 20.8 Å². The number of aryl methyl sites for hydroxylation is 1. The van der Waals surface area contributed by atoms with E-state index < -0.39 is 0 Å². The van der Waals surface area contributed by atoms with Gasteiger partial charge in [-0.1, -0.05) is 0 Å². The van der Waals surface area contributed by atoms with Gasteiger partial charge in [-0.25, -0.2) is 0 Å². The van der Waals surface area contributed by atoms with E-state index >= 15 is 0 Å². The number of benzene rings is 1. The van der Waals surface area contributed by atoms with Gasteiger partial charge in [0.25, 0.3) is 0 Å². The molecule has 1 aromatic carbocycles. The zero-order valence-corrected chi connectivity index (χ0v) is 16.4. The topological polar surface area (TPSA) is 63.3 Å². The number of aliphatic hydroxyl groups excluding tert-OH is 1. The fraction of sp³-hybridized carbons (Fsp3) is 0.250. The van der Waals surface area contributed by atoms with Crippen LogP contribution in [0.25, 0.3) is 20.9 Å². The zero-order valence-electron chi connectivity index (χ0n) is 14.8. The van der Waals surface area contributed by atoms with Gasteiger partial charge >= 0.3 is 0 Å². The Labute approximate surface area is 155 Å². The summed E-state index contributed by atoms with van der Waals surface area (Å²) >= 11 is 3.15. The van der Waals surface area contributed by atoms with Crippen LogP contribution in [0.3, 0.4) is 0 Å². The first-order chi connectivity index (χ1) is 11.8. The molecule has 0 amide bonds. The highest BCUT2D eigenvalue weighted by Gasteiger charge is 2.24. The van der Waals surface area contributed by atoms with Gasteiger partial charge in [0.2, 0.25) is 0 Å². The average Bonchev–Trinajstić information content (AvgIpc) is 3.16. The molecule has 0 saturated carbocycles. The van der Waals surface area contributed by atoms with Gasteiger partial charge in [0, 0.05) is 31.3 Å². The Kier molecular flexibility index (Phi) is 4.82. The Morgan fingerprint density at radius 3 is 2.12 bits per heavy atom. The minimum Gasteiger partial charge on any atom is -0.392 e. The summed E-state index contributed by atoms with van der Waals surface area (Å²) in [7, 11) is 0. The summed E-state index contributed by atoms with van der Waals surface area (Å²) in [6.07, 6.45) is 0. The third kappa shape index (κ3) is 3.03. The number of hydrogen-bond donors (Lipinski definition) is 2. The highest BCUT2D eigenvalue weighted by atomic mass is 32.1. The fourth-order valence-electron chi connectivity index (χ4n) is 3.40. The summed E-state index contributed by atoms with van der Waals surface area (Å²) in [5.74, 6) is 0.0292. The molecule has 25 heavy (non-hydrogen) atoms. The third-order valence-corrected chi connectivity index (χ3v) is 6.45. The second-order valence-corrected chi connectivity index (χ2v) is 8.58. The van der Waals surface area contributed by atoms with Crippen molar-refractivity contribution in [3.63, 3.8) is 0 Å². The molecule has 0 radical (unpaired) electrons. The lowest BCUT2D eigenvalue weighted by atomic mass is 9.85. The Morgan fingerprint density at radius 2 is 1.64 bits per heavy atom. The van der Waals surface area contributed by atoms with Crippen LogP contribution in [0.4, 0.5) is 5.00 Å². The van der Waals surface area contributed by atoms with Crippen LogP contribution in [-0.4, -0.2) is 10.9 Å². The maximum Gasteiger partial charge on any atom is 0.160 e. The van der Waals surface area contributed by atoms with Crippen LogP contribution in [0.5, 0.6) is 0 Å². The predicted molar refractivity (Wildman–Crippen MR) is 108 cm³/mol. The van der Waals surface area contributed by atoms with E-state index in [2.05, 4.69) is 19.1 Å². The molecule has 0 unspecified atom stereocenters. The van der Waals surface area contributed by atoms with Crippen LogP contribution in [0.1, 0.15) is 38.8 Å². The first-order valence-electron chi connectivity index (χ1n) is 8.05. The van der Waals surface area contributed by atoms with Crippen LogP contribution >= 0.6 is 22.7 Å². The lowest BCUT2D eigenvalue weighted by molar-refractivity contribution is 0.101. The van der Waals surface area contributed by atoms with E-state index in [4.69, 9.17) is 5.73 Å². The van der Waals surface area contributed by atoms with E-state index in [0.29, 0.717) is 5.00 Å².